The molecule has 2 aromatic heterocycles. The van der Waals surface area contributed by atoms with E-state index in [-0.39, 0.29) is 23.9 Å². The van der Waals surface area contributed by atoms with Gasteiger partial charge in [-0.3, -0.25) is 14.5 Å². The van der Waals surface area contributed by atoms with Gasteiger partial charge in [-0.05, 0) is 32.3 Å². The highest BCUT2D eigenvalue weighted by Gasteiger charge is 2.34. The molecule has 2 amide bonds. The van der Waals surface area contributed by atoms with Crippen LogP contribution >= 0.6 is 0 Å². The van der Waals surface area contributed by atoms with Gasteiger partial charge in [0.1, 0.15) is 13.2 Å². The minimum atomic E-state index is -5.11. The molecule has 2 heterocycles. The summed E-state index contributed by atoms with van der Waals surface area (Å²) in [6, 6.07) is 10.0. The van der Waals surface area contributed by atoms with E-state index in [1.807, 2.05) is 24.3 Å². The Morgan fingerprint density at radius 1 is 1.16 bits per heavy atom. The summed E-state index contributed by atoms with van der Waals surface area (Å²) in [7, 11) is 6.27. The van der Waals surface area contributed by atoms with E-state index in [1.165, 1.54) is 25.3 Å². The number of nitrogens with two attached hydrogens (primary N) is 1. The van der Waals surface area contributed by atoms with Crippen molar-refractivity contribution in [2.75, 3.05) is 45.0 Å². The first-order valence-corrected chi connectivity index (χ1v) is 13.0. The van der Waals surface area contributed by atoms with Gasteiger partial charge in [0, 0.05) is 42.9 Å². The maximum absolute atomic E-state index is 13.6. The second-order valence-corrected chi connectivity index (χ2v) is 9.71. The number of benzene rings is 2. The van der Waals surface area contributed by atoms with Crippen molar-refractivity contribution in [3.63, 3.8) is 0 Å². The van der Waals surface area contributed by atoms with Gasteiger partial charge < -0.3 is 30.3 Å². The predicted octanol–water partition coefficient (Wildman–Crippen LogP) is 3.82. The lowest BCUT2D eigenvalue weighted by atomic mass is 10.1. The van der Waals surface area contributed by atoms with E-state index in [4.69, 9.17) is 15.3 Å². The summed E-state index contributed by atoms with van der Waals surface area (Å²) in [4.78, 5) is 41.2. The first-order chi connectivity index (χ1) is 20.8. The molecule has 0 aliphatic rings. The molecule has 4 aromatic rings. The van der Waals surface area contributed by atoms with Crippen LogP contribution in [0, 0.1) is 0 Å². The first kappa shape index (κ1) is 31.6. The fourth-order valence-electron chi connectivity index (χ4n) is 4.44. The molecule has 3 N–H and O–H groups in total. The zero-order valence-corrected chi connectivity index (χ0v) is 24.3. The van der Waals surface area contributed by atoms with E-state index in [0.29, 0.717) is 11.3 Å². The molecule has 15 heteroatoms. The fraction of sp³-hybridized carbons (Fsp3) is 0.241. The standard InChI is InChI=1S/C29H30F3N7O5/c1-6-26(40)35-20-13-24(25(44-29(30,31)32)14-22(20)38(4)16-23(27(33)41)37(2)3)43-28-34-12-11-19(36-28)18-15-39(42-5)21-10-8-7-9-17(18)21/h6-15,23H,1,16H2,2-5H3,(H2,33,41)(H,35,40). The summed E-state index contributed by atoms with van der Waals surface area (Å²) in [6.07, 6.45) is -1.03. The smallest absolute Gasteiger partial charge is 0.420 e. The molecule has 0 spiro atoms. The quantitative estimate of drug-likeness (QED) is 0.229. The Bertz CT molecular complexity index is 1690. The van der Waals surface area contributed by atoms with Gasteiger partial charge in [-0.25, -0.2) is 4.98 Å². The number of carbonyl (C=O) groups is 2. The zero-order chi connectivity index (χ0) is 32.2. The number of amides is 2. The van der Waals surface area contributed by atoms with Gasteiger partial charge in [0.25, 0.3) is 0 Å². The van der Waals surface area contributed by atoms with Crippen LogP contribution in [0.1, 0.15) is 0 Å². The van der Waals surface area contributed by atoms with Crippen molar-refractivity contribution in [1.82, 2.24) is 19.6 Å². The summed E-state index contributed by atoms with van der Waals surface area (Å²) >= 11 is 0. The van der Waals surface area contributed by atoms with E-state index < -0.39 is 35.7 Å². The highest BCUT2D eigenvalue weighted by molar-refractivity contribution is 6.01. The Balaban J connectivity index is 1.80. The topological polar surface area (TPSA) is 137 Å². The number of anilines is 2. The molecule has 0 saturated heterocycles. The third kappa shape index (κ3) is 7.18. The molecule has 2 aromatic carbocycles. The fourth-order valence-corrected chi connectivity index (χ4v) is 4.44. The Labute approximate surface area is 250 Å². The van der Waals surface area contributed by atoms with E-state index >= 15 is 0 Å². The molecule has 0 radical (unpaired) electrons. The Morgan fingerprint density at radius 3 is 2.52 bits per heavy atom. The molecule has 12 nitrogen and oxygen atoms in total. The van der Waals surface area contributed by atoms with E-state index in [9.17, 15) is 22.8 Å². The van der Waals surface area contributed by atoms with Crippen LogP contribution in [0.2, 0.25) is 0 Å². The van der Waals surface area contributed by atoms with Crippen LogP contribution < -0.4 is 30.3 Å². The number of likely N-dealkylation sites (N-methyl/N-ethyl adjacent to an activating group) is 2. The number of primary amides is 1. The van der Waals surface area contributed by atoms with Crippen molar-refractivity contribution in [2.45, 2.75) is 12.4 Å². The van der Waals surface area contributed by atoms with E-state index in [1.54, 1.807) is 36.0 Å². The normalized spacial score (nSPS) is 12.1. The third-order valence-electron chi connectivity index (χ3n) is 6.53. The molecular weight excluding hydrogens is 583 g/mol. The molecule has 0 fully saturated rings. The lowest BCUT2D eigenvalue weighted by Crippen LogP contribution is -2.47. The number of hydrogen-bond donors (Lipinski definition) is 2. The number of ether oxygens (including phenoxy) is 2. The van der Waals surface area contributed by atoms with Gasteiger partial charge in [-0.2, -0.15) is 9.71 Å². The summed E-state index contributed by atoms with van der Waals surface area (Å²) in [5, 5.41) is 3.35. The third-order valence-corrected chi connectivity index (χ3v) is 6.53. The largest absolute Gasteiger partial charge is 0.573 e. The molecule has 232 valence electrons. The number of nitrogens with zero attached hydrogens (tertiary/aromatic N) is 5. The monoisotopic (exact) mass is 613 g/mol. The van der Waals surface area contributed by atoms with Gasteiger partial charge in [0.05, 0.1) is 28.8 Å². The molecular formula is C29H30F3N7O5. The number of fused-ring (bicyclic) bond motifs is 1. The summed E-state index contributed by atoms with van der Waals surface area (Å²) in [6.45, 7) is 3.38. The molecule has 44 heavy (non-hydrogen) atoms. The Morgan fingerprint density at radius 2 is 1.89 bits per heavy atom. The maximum Gasteiger partial charge on any atom is 0.573 e. The van der Waals surface area contributed by atoms with Crippen LogP contribution in [0.3, 0.4) is 0 Å². The number of nitrogens with one attached hydrogen (secondary N) is 1. The highest BCUT2D eigenvalue weighted by Crippen LogP contribution is 2.42. The lowest BCUT2D eigenvalue weighted by Gasteiger charge is -2.30. The number of rotatable bonds is 12. The molecule has 1 unspecified atom stereocenters. The molecule has 0 aliphatic heterocycles. The first-order valence-electron chi connectivity index (χ1n) is 13.0. The van der Waals surface area contributed by atoms with Crippen molar-refractivity contribution < 1.29 is 37.1 Å². The van der Waals surface area contributed by atoms with Crippen molar-refractivity contribution in [2.24, 2.45) is 5.73 Å². The number of para-hydroxylation sites is 1. The number of halogens is 3. The SMILES string of the molecule is C=CC(=O)Nc1cc(Oc2nccc(-c3cn(OC)c4ccccc34)n2)c(OC(F)(F)F)cc1N(C)CC(C(N)=O)N(C)C. The van der Waals surface area contributed by atoms with E-state index in [0.717, 1.165) is 29.1 Å². The van der Waals surface area contributed by atoms with Crippen LogP contribution in [0.15, 0.2) is 67.5 Å². The molecule has 0 saturated carbocycles. The average molecular weight is 614 g/mol. The highest BCUT2D eigenvalue weighted by atomic mass is 19.4. The molecule has 0 bridgehead atoms. The van der Waals surface area contributed by atoms with Crippen LogP contribution in [0.25, 0.3) is 22.2 Å². The number of aromatic nitrogens is 3. The van der Waals surface area contributed by atoms with Gasteiger partial charge >= 0.3 is 12.4 Å². The van der Waals surface area contributed by atoms with Gasteiger partial charge in [0.2, 0.25) is 11.8 Å². The maximum atomic E-state index is 13.6. The van der Waals surface area contributed by atoms with Crippen molar-refractivity contribution >= 4 is 34.1 Å². The number of alkyl halides is 3. The Hall–Kier alpha value is -5.31. The van der Waals surface area contributed by atoms with Gasteiger partial charge in [-0.15, -0.1) is 13.2 Å². The Kier molecular flexibility index (Phi) is 9.28. The minimum absolute atomic E-state index is 0.0308. The second kappa shape index (κ2) is 12.9. The zero-order valence-electron chi connectivity index (χ0n) is 24.3. The van der Waals surface area contributed by atoms with Gasteiger partial charge in [-0.1, -0.05) is 24.8 Å². The average Bonchev–Trinajstić information content (AvgIpc) is 3.35. The van der Waals surface area contributed by atoms with Crippen LogP contribution in [-0.4, -0.2) is 78.6 Å². The lowest BCUT2D eigenvalue weighted by molar-refractivity contribution is -0.275. The van der Waals surface area contributed by atoms with Crippen LogP contribution in [0.5, 0.6) is 17.5 Å². The summed E-state index contributed by atoms with van der Waals surface area (Å²) < 4.78 is 52.3. The molecule has 0 aliphatic carbocycles. The molecule has 4 rings (SSSR count). The number of hydrogen-bond acceptors (Lipinski definition) is 9. The van der Waals surface area contributed by atoms with Crippen molar-refractivity contribution in [3.8, 4) is 28.8 Å². The van der Waals surface area contributed by atoms with E-state index in [2.05, 4.69) is 26.6 Å². The summed E-state index contributed by atoms with van der Waals surface area (Å²) in [5.74, 6) is -2.51. The van der Waals surface area contributed by atoms with Crippen LogP contribution in [0.4, 0.5) is 24.5 Å². The van der Waals surface area contributed by atoms with Crippen molar-refractivity contribution in [3.05, 3.63) is 67.5 Å². The van der Waals surface area contributed by atoms with Crippen LogP contribution in [-0.2, 0) is 9.59 Å². The predicted molar refractivity (Wildman–Crippen MR) is 157 cm³/mol. The summed E-state index contributed by atoms with van der Waals surface area (Å²) in [5.41, 5.74) is 7.44. The second-order valence-electron chi connectivity index (χ2n) is 9.71. The van der Waals surface area contributed by atoms with Crippen molar-refractivity contribution in [1.29, 1.82) is 0 Å². The molecule has 1 atom stereocenters. The number of carbonyl (C=O) groups excluding carboxylic acids is 2. The minimum Gasteiger partial charge on any atom is -0.420 e. The van der Waals surface area contributed by atoms with Gasteiger partial charge in [0.15, 0.2) is 11.5 Å².